The molecule has 3 aromatic rings. The molecule has 2 aromatic carbocycles. The summed E-state index contributed by atoms with van der Waals surface area (Å²) in [7, 11) is 0. The first-order chi connectivity index (χ1) is 14.3. The molecule has 0 spiro atoms. The van der Waals surface area contributed by atoms with Gasteiger partial charge in [0, 0.05) is 28.4 Å². The highest BCUT2D eigenvalue weighted by atomic mass is 32.2. The second-order valence-corrected chi connectivity index (χ2v) is 9.55. The lowest BCUT2D eigenvalue weighted by molar-refractivity contribution is -0.0162. The van der Waals surface area contributed by atoms with E-state index in [2.05, 4.69) is 28.8 Å². The van der Waals surface area contributed by atoms with Crippen molar-refractivity contribution in [3.05, 3.63) is 48.5 Å². The van der Waals surface area contributed by atoms with Crippen molar-refractivity contribution in [2.45, 2.75) is 44.6 Å². The van der Waals surface area contributed by atoms with E-state index in [1.807, 2.05) is 45.0 Å². The highest BCUT2D eigenvalue weighted by molar-refractivity contribution is 7.75. The average molecular weight is 429 g/mol. The van der Waals surface area contributed by atoms with Crippen LogP contribution in [0.4, 0.5) is 4.79 Å². The summed E-state index contributed by atoms with van der Waals surface area (Å²) >= 11 is -1.83. The molecular weight excluding hydrogens is 404 g/mol. The minimum atomic E-state index is -1.83. The second kappa shape index (κ2) is 7.08. The topological polar surface area (TPSA) is 70.0 Å². The molecule has 158 valence electrons. The zero-order valence-corrected chi connectivity index (χ0v) is 17.9. The van der Waals surface area contributed by atoms with Gasteiger partial charge in [-0.05, 0) is 32.9 Å². The van der Waals surface area contributed by atoms with Crippen molar-refractivity contribution < 1.29 is 22.1 Å². The number of amides is 1. The highest BCUT2D eigenvalue weighted by Gasteiger charge is 2.49. The Bertz CT molecular complexity index is 1100. The molecule has 2 aliphatic heterocycles. The minimum absolute atomic E-state index is 0.271. The fourth-order valence-electron chi connectivity index (χ4n) is 4.41. The smallest absolute Gasteiger partial charge is 0.410 e. The Morgan fingerprint density at radius 1 is 1.00 bits per heavy atom. The summed E-state index contributed by atoms with van der Waals surface area (Å²) in [6.45, 7) is 6.17. The van der Waals surface area contributed by atoms with Gasteiger partial charge < -0.3 is 14.2 Å². The third-order valence-corrected chi connectivity index (χ3v) is 6.33. The third-order valence-electron chi connectivity index (χ3n) is 5.55. The predicted molar refractivity (Wildman–Crippen MR) is 114 cm³/mol. The van der Waals surface area contributed by atoms with Gasteiger partial charge in [0.1, 0.15) is 17.8 Å². The quantitative estimate of drug-likeness (QED) is 0.587. The van der Waals surface area contributed by atoms with Gasteiger partial charge in [-0.25, -0.2) is 4.79 Å². The fraction of sp³-hybridized carbons (Fsp3) is 0.409. The van der Waals surface area contributed by atoms with E-state index in [1.54, 1.807) is 4.90 Å². The van der Waals surface area contributed by atoms with Crippen LogP contribution in [0.25, 0.3) is 21.8 Å². The Balaban J connectivity index is 1.63. The molecular formula is C22H24N2O5S. The first-order valence-corrected chi connectivity index (χ1v) is 11.0. The number of nitrogens with zero attached hydrogens (tertiary/aromatic N) is 2. The van der Waals surface area contributed by atoms with Crippen LogP contribution in [0, 0.1) is 0 Å². The van der Waals surface area contributed by atoms with E-state index in [1.165, 1.54) is 0 Å². The number of aromatic nitrogens is 1. The van der Waals surface area contributed by atoms with Crippen molar-refractivity contribution >= 4 is 39.3 Å². The van der Waals surface area contributed by atoms with E-state index < -0.39 is 35.3 Å². The Morgan fingerprint density at radius 3 is 2.20 bits per heavy atom. The summed E-state index contributed by atoms with van der Waals surface area (Å²) in [4.78, 5) is 14.5. The Hall–Kier alpha value is -2.42. The highest BCUT2D eigenvalue weighted by Crippen LogP contribution is 2.39. The zero-order valence-electron chi connectivity index (χ0n) is 17.1. The molecule has 30 heavy (non-hydrogen) atoms. The van der Waals surface area contributed by atoms with Gasteiger partial charge in [-0.3, -0.25) is 8.37 Å². The summed E-state index contributed by atoms with van der Waals surface area (Å²) in [5, 5.41) is 2.25. The number of likely N-dealkylation sites (tertiary alicyclic amines) is 1. The van der Waals surface area contributed by atoms with E-state index in [4.69, 9.17) is 13.1 Å². The van der Waals surface area contributed by atoms with Crippen LogP contribution in [0.2, 0.25) is 0 Å². The maximum Gasteiger partial charge on any atom is 0.410 e. The molecule has 3 heterocycles. The van der Waals surface area contributed by atoms with Crippen LogP contribution in [0.3, 0.4) is 0 Å². The molecule has 2 saturated heterocycles. The van der Waals surface area contributed by atoms with Crippen LogP contribution in [-0.2, 0) is 24.5 Å². The van der Waals surface area contributed by atoms with Gasteiger partial charge in [0.15, 0.2) is 0 Å². The van der Waals surface area contributed by atoms with Crippen molar-refractivity contribution in [1.29, 1.82) is 0 Å². The minimum Gasteiger partial charge on any atom is -0.444 e. The molecule has 0 aliphatic carbocycles. The maximum absolute atomic E-state index is 12.8. The summed E-state index contributed by atoms with van der Waals surface area (Å²) in [6.07, 6.45) is -1.33. The van der Waals surface area contributed by atoms with Gasteiger partial charge in [-0.1, -0.05) is 36.4 Å². The molecule has 4 atom stereocenters. The monoisotopic (exact) mass is 428 g/mol. The van der Waals surface area contributed by atoms with Gasteiger partial charge >= 0.3 is 17.5 Å². The van der Waals surface area contributed by atoms with E-state index >= 15 is 0 Å². The Morgan fingerprint density at radius 2 is 1.60 bits per heavy atom. The van der Waals surface area contributed by atoms with Crippen molar-refractivity contribution in [2.24, 2.45) is 0 Å². The second-order valence-electron chi connectivity index (χ2n) is 8.76. The molecule has 0 bridgehead atoms. The third kappa shape index (κ3) is 3.29. The van der Waals surface area contributed by atoms with E-state index in [0.717, 1.165) is 21.8 Å². The van der Waals surface area contributed by atoms with Crippen molar-refractivity contribution in [2.75, 3.05) is 13.1 Å². The number of carbonyl (C=O) groups is 1. The van der Waals surface area contributed by atoms with Gasteiger partial charge in [0.25, 0.3) is 0 Å². The molecule has 0 N–H and O–H groups in total. The molecule has 5 rings (SSSR count). The molecule has 8 heteroatoms. The van der Waals surface area contributed by atoms with Crippen molar-refractivity contribution in [3.63, 3.8) is 0 Å². The molecule has 2 aliphatic rings. The van der Waals surface area contributed by atoms with Gasteiger partial charge in [-0.2, -0.15) is 4.21 Å². The van der Waals surface area contributed by atoms with Gasteiger partial charge in [0.05, 0.1) is 12.6 Å². The number of benzene rings is 2. The van der Waals surface area contributed by atoms with Gasteiger partial charge in [0.2, 0.25) is 0 Å². The molecule has 0 radical (unpaired) electrons. The summed E-state index contributed by atoms with van der Waals surface area (Å²) in [5.74, 6) is 0. The maximum atomic E-state index is 12.8. The SMILES string of the molecule is CC(C)(C)OC(=O)N1CC2OS(=O)OC2[C@@H](n2c3ccccc3c3ccccc32)C1. The molecule has 1 amide bonds. The summed E-state index contributed by atoms with van der Waals surface area (Å²) in [5.41, 5.74) is 1.47. The largest absolute Gasteiger partial charge is 0.444 e. The number of para-hydroxylation sites is 2. The molecule has 0 saturated carbocycles. The Labute approximate surface area is 177 Å². The number of hydrogen-bond acceptors (Lipinski definition) is 5. The number of piperidine rings is 1. The molecule has 7 nitrogen and oxygen atoms in total. The fourth-order valence-corrected chi connectivity index (χ4v) is 5.26. The zero-order chi connectivity index (χ0) is 21.0. The number of rotatable bonds is 1. The lowest BCUT2D eigenvalue weighted by Crippen LogP contribution is -2.54. The lowest BCUT2D eigenvalue weighted by Gasteiger charge is -2.39. The molecule has 3 unspecified atom stereocenters. The van der Waals surface area contributed by atoms with Crippen LogP contribution in [0.15, 0.2) is 48.5 Å². The summed E-state index contributed by atoms with van der Waals surface area (Å²) in [6, 6.07) is 16.0. The van der Waals surface area contributed by atoms with Gasteiger partial charge in [-0.15, -0.1) is 0 Å². The van der Waals surface area contributed by atoms with Crippen LogP contribution in [0.5, 0.6) is 0 Å². The Kier molecular flexibility index (Phi) is 4.61. The predicted octanol–water partition coefficient (Wildman–Crippen LogP) is 3.95. The van der Waals surface area contributed by atoms with Crippen molar-refractivity contribution in [1.82, 2.24) is 9.47 Å². The van der Waals surface area contributed by atoms with Crippen LogP contribution in [-0.4, -0.2) is 50.7 Å². The lowest BCUT2D eigenvalue weighted by atomic mass is 9.99. The molecule has 2 fully saturated rings. The van der Waals surface area contributed by atoms with E-state index in [-0.39, 0.29) is 12.6 Å². The van der Waals surface area contributed by atoms with Crippen LogP contribution >= 0.6 is 0 Å². The first-order valence-electron chi connectivity index (χ1n) is 10.0. The van der Waals surface area contributed by atoms with Crippen molar-refractivity contribution in [3.8, 4) is 0 Å². The average Bonchev–Trinajstić information content (AvgIpc) is 3.23. The van der Waals surface area contributed by atoms with E-state index in [0.29, 0.717) is 6.54 Å². The number of carbonyl (C=O) groups excluding carboxylic acids is 1. The number of fused-ring (bicyclic) bond motifs is 4. The molecule has 1 aromatic heterocycles. The normalized spacial score (nSPS) is 26.8. The van der Waals surface area contributed by atoms with Crippen LogP contribution in [0.1, 0.15) is 26.8 Å². The number of ether oxygens (including phenoxy) is 1. The van der Waals surface area contributed by atoms with Crippen LogP contribution < -0.4 is 0 Å². The first kappa shape index (κ1) is 19.5. The number of hydrogen-bond donors (Lipinski definition) is 0. The standard InChI is InChI=1S/C22H24N2O5S/c1-22(2,3)27-21(25)23-12-18(20-19(13-23)28-30(26)29-20)24-16-10-6-4-8-14(16)15-9-5-7-11-17(15)24/h4-11,18-20H,12-13H2,1-3H3/t18-,19?,20?,30?/m0/s1. The summed E-state index contributed by atoms with van der Waals surface area (Å²) < 4.78 is 31.1. The van der Waals surface area contributed by atoms with E-state index in [9.17, 15) is 9.00 Å².